The van der Waals surface area contributed by atoms with E-state index in [9.17, 15) is 4.79 Å². The Labute approximate surface area is 114 Å². The molecule has 19 heavy (non-hydrogen) atoms. The molecule has 104 valence electrons. The number of rotatable bonds is 3. The molecule has 0 radical (unpaired) electrons. The van der Waals surface area contributed by atoms with Crippen molar-refractivity contribution < 1.29 is 14.3 Å². The minimum Gasteiger partial charge on any atom is -0.479 e. The molecule has 0 spiro atoms. The summed E-state index contributed by atoms with van der Waals surface area (Å²) < 4.78 is 11.0. The lowest BCUT2D eigenvalue weighted by molar-refractivity contribution is -0.162. The van der Waals surface area contributed by atoms with Gasteiger partial charge in [-0.05, 0) is 70.2 Å². The maximum absolute atomic E-state index is 11.8. The molecule has 0 fully saturated rings. The molecule has 1 unspecified atom stereocenters. The van der Waals surface area contributed by atoms with Crippen molar-refractivity contribution in [2.24, 2.45) is 0 Å². The molecule has 1 aliphatic rings. The maximum atomic E-state index is 11.8. The summed E-state index contributed by atoms with van der Waals surface area (Å²) in [5.41, 5.74) is 2.26. The van der Waals surface area contributed by atoms with Crippen molar-refractivity contribution in [1.29, 1.82) is 0 Å². The minimum atomic E-state index is -0.585. The Morgan fingerprint density at radius 2 is 1.89 bits per heavy atom. The normalized spacial score (nSPS) is 15.8. The Morgan fingerprint density at radius 3 is 2.58 bits per heavy atom. The number of ether oxygens (including phenoxy) is 2. The van der Waals surface area contributed by atoms with Crippen molar-refractivity contribution in [2.45, 2.75) is 58.7 Å². The lowest BCUT2D eigenvalue weighted by Gasteiger charge is -2.22. The largest absolute Gasteiger partial charge is 0.479 e. The number of benzene rings is 1. The summed E-state index contributed by atoms with van der Waals surface area (Å²) in [7, 11) is 0. The highest BCUT2D eigenvalue weighted by molar-refractivity contribution is 5.75. The Balaban J connectivity index is 1.99. The highest BCUT2D eigenvalue weighted by Crippen LogP contribution is 2.26. The van der Waals surface area contributed by atoms with Gasteiger partial charge in [-0.3, -0.25) is 0 Å². The van der Waals surface area contributed by atoms with Gasteiger partial charge in [-0.25, -0.2) is 4.79 Å². The number of carbonyl (C=O) groups is 1. The molecular weight excluding hydrogens is 240 g/mol. The van der Waals surface area contributed by atoms with Crippen LogP contribution in [0.25, 0.3) is 0 Å². The van der Waals surface area contributed by atoms with Gasteiger partial charge < -0.3 is 9.47 Å². The Morgan fingerprint density at radius 1 is 1.21 bits per heavy atom. The van der Waals surface area contributed by atoms with E-state index in [0.29, 0.717) is 0 Å². The van der Waals surface area contributed by atoms with Crippen LogP contribution >= 0.6 is 0 Å². The molecule has 0 aliphatic heterocycles. The first-order valence-electron chi connectivity index (χ1n) is 6.86. The van der Waals surface area contributed by atoms with Gasteiger partial charge in [-0.1, -0.05) is 6.07 Å². The third-order valence-corrected chi connectivity index (χ3v) is 3.12. The third kappa shape index (κ3) is 3.72. The molecule has 0 amide bonds. The molecule has 3 nitrogen and oxygen atoms in total. The highest BCUT2D eigenvalue weighted by atomic mass is 16.6. The van der Waals surface area contributed by atoms with Crippen LogP contribution in [0.15, 0.2) is 18.2 Å². The molecule has 0 saturated heterocycles. The smallest absolute Gasteiger partial charge is 0.347 e. The molecule has 1 atom stereocenters. The fraction of sp³-hybridized carbons (Fsp3) is 0.562. The van der Waals surface area contributed by atoms with E-state index in [2.05, 4.69) is 6.07 Å². The van der Waals surface area contributed by atoms with Gasteiger partial charge in [0.05, 0.1) is 0 Å². The lowest BCUT2D eigenvalue weighted by Crippen LogP contribution is -2.33. The van der Waals surface area contributed by atoms with Crippen molar-refractivity contribution in [2.75, 3.05) is 0 Å². The molecule has 1 aromatic rings. The third-order valence-electron chi connectivity index (χ3n) is 3.12. The predicted molar refractivity (Wildman–Crippen MR) is 74.4 cm³/mol. The molecular formula is C16H22O3. The maximum Gasteiger partial charge on any atom is 0.347 e. The topological polar surface area (TPSA) is 35.5 Å². The highest BCUT2D eigenvalue weighted by Gasteiger charge is 2.23. The van der Waals surface area contributed by atoms with Crippen molar-refractivity contribution in [3.8, 4) is 5.75 Å². The SMILES string of the molecule is CC(Oc1ccc2c(c1)CCC2)C(=O)OC(C)(C)C. The minimum absolute atomic E-state index is 0.326. The zero-order valence-corrected chi connectivity index (χ0v) is 12.2. The number of hydrogen-bond acceptors (Lipinski definition) is 3. The van der Waals surface area contributed by atoms with Gasteiger partial charge in [-0.2, -0.15) is 0 Å². The van der Waals surface area contributed by atoms with Gasteiger partial charge in [0.25, 0.3) is 0 Å². The van der Waals surface area contributed by atoms with Gasteiger partial charge in [0.15, 0.2) is 6.10 Å². The van der Waals surface area contributed by atoms with E-state index < -0.39 is 11.7 Å². The van der Waals surface area contributed by atoms with Crippen LogP contribution in [0.3, 0.4) is 0 Å². The van der Waals surface area contributed by atoms with Gasteiger partial charge in [0.2, 0.25) is 0 Å². The second-order valence-corrected chi connectivity index (χ2v) is 6.08. The van der Waals surface area contributed by atoms with Gasteiger partial charge in [0, 0.05) is 0 Å². The summed E-state index contributed by atoms with van der Waals surface area (Å²) in [5, 5.41) is 0. The van der Waals surface area contributed by atoms with E-state index in [-0.39, 0.29) is 5.97 Å². The van der Waals surface area contributed by atoms with Crippen molar-refractivity contribution in [3.63, 3.8) is 0 Å². The zero-order valence-electron chi connectivity index (χ0n) is 12.2. The monoisotopic (exact) mass is 262 g/mol. The van der Waals surface area contributed by atoms with Crippen LogP contribution in [0.1, 0.15) is 45.2 Å². The van der Waals surface area contributed by atoms with Crippen LogP contribution < -0.4 is 4.74 Å². The van der Waals surface area contributed by atoms with Crippen molar-refractivity contribution in [3.05, 3.63) is 29.3 Å². The first-order valence-corrected chi connectivity index (χ1v) is 6.86. The second kappa shape index (κ2) is 5.24. The van der Waals surface area contributed by atoms with Crippen LogP contribution in [0.5, 0.6) is 5.75 Å². The molecule has 2 rings (SSSR count). The van der Waals surface area contributed by atoms with E-state index in [4.69, 9.17) is 9.47 Å². The number of esters is 1. The van der Waals surface area contributed by atoms with Crippen LogP contribution in [-0.4, -0.2) is 17.7 Å². The van der Waals surface area contributed by atoms with Gasteiger partial charge in [-0.15, -0.1) is 0 Å². The quantitative estimate of drug-likeness (QED) is 0.784. The summed E-state index contributed by atoms with van der Waals surface area (Å²) in [6.45, 7) is 7.29. The number of carbonyl (C=O) groups excluding carboxylic acids is 1. The molecule has 3 heteroatoms. The average molecular weight is 262 g/mol. The van der Waals surface area contributed by atoms with E-state index in [1.165, 1.54) is 17.5 Å². The molecule has 0 aromatic heterocycles. The average Bonchev–Trinajstić information content (AvgIpc) is 2.73. The Bertz CT molecular complexity index is 471. The molecule has 1 aliphatic carbocycles. The molecule has 0 saturated carbocycles. The summed E-state index contributed by atoms with van der Waals surface area (Å²) >= 11 is 0. The van der Waals surface area contributed by atoms with Gasteiger partial charge >= 0.3 is 5.97 Å². The fourth-order valence-electron chi connectivity index (χ4n) is 2.26. The first-order chi connectivity index (χ1) is 8.85. The van der Waals surface area contributed by atoms with Gasteiger partial charge in [0.1, 0.15) is 11.4 Å². The summed E-state index contributed by atoms with van der Waals surface area (Å²) in [6.07, 6.45) is 2.88. The number of aryl methyl sites for hydroxylation is 2. The summed E-state index contributed by atoms with van der Waals surface area (Å²) in [5.74, 6) is 0.423. The predicted octanol–water partition coefficient (Wildman–Crippen LogP) is 3.28. The zero-order chi connectivity index (χ0) is 14.0. The van der Waals surface area contributed by atoms with Crippen molar-refractivity contribution >= 4 is 5.97 Å². The Kier molecular flexibility index (Phi) is 3.83. The lowest BCUT2D eigenvalue weighted by atomic mass is 10.1. The van der Waals surface area contributed by atoms with E-state index in [1.807, 2.05) is 32.9 Å². The first kappa shape index (κ1) is 13.9. The second-order valence-electron chi connectivity index (χ2n) is 6.08. The van der Waals surface area contributed by atoms with Crippen LogP contribution in [-0.2, 0) is 22.4 Å². The standard InChI is InChI=1S/C16H22O3/c1-11(15(17)19-16(2,3)4)18-14-9-8-12-6-5-7-13(12)10-14/h8-11H,5-7H2,1-4H3. The number of hydrogen-bond donors (Lipinski definition) is 0. The summed E-state index contributed by atoms with van der Waals surface area (Å²) in [6, 6.07) is 6.08. The molecule has 0 heterocycles. The Hall–Kier alpha value is -1.51. The van der Waals surface area contributed by atoms with E-state index >= 15 is 0 Å². The molecule has 0 bridgehead atoms. The van der Waals surface area contributed by atoms with Crippen molar-refractivity contribution in [1.82, 2.24) is 0 Å². The van der Waals surface area contributed by atoms with E-state index in [0.717, 1.165) is 18.6 Å². The van der Waals surface area contributed by atoms with E-state index in [1.54, 1.807) is 6.92 Å². The molecule has 1 aromatic carbocycles. The van der Waals surface area contributed by atoms with Crippen LogP contribution in [0.4, 0.5) is 0 Å². The van der Waals surface area contributed by atoms with Crippen LogP contribution in [0, 0.1) is 0 Å². The molecule has 0 N–H and O–H groups in total. The van der Waals surface area contributed by atoms with Crippen LogP contribution in [0.2, 0.25) is 0 Å². The number of fused-ring (bicyclic) bond motifs is 1. The summed E-state index contributed by atoms with van der Waals surface area (Å²) in [4.78, 5) is 11.8. The fourth-order valence-corrected chi connectivity index (χ4v) is 2.26.